The Balaban J connectivity index is 2.33. The zero-order valence-corrected chi connectivity index (χ0v) is 12.0. The Labute approximate surface area is 126 Å². The number of allylic oxidation sites excluding steroid dienone is 2. The number of ether oxygens (including phenoxy) is 2. The second-order valence-corrected chi connectivity index (χ2v) is 4.87. The van der Waals surface area contributed by atoms with E-state index in [0.717, 1.165) is 5.39 Å². The minimum atomic E-state index is -0.496. The molecule has 0 N–H and O–H groups in total. The largest absolute Gasteiger partial charge is 0.493 e. The lowest BCUT2D eigenvalue weighted by molar-refractivity contribution is -0.132. The van der Waals surface area contributed by atoms with Gasteiger partial charge in [-0.3, -0.25) is 14.4 Å². The van der Waals surface area contributed by atoms with Crippen molar-refractivity contribution in [2.45, 2.75) is 6.92 Å². The second kappa shape index (κ2) is 5.11. The monoisotopic (exact) mass is 296 g/mol. The van der Waals surface area contributed by atoms with Gasteiger partial charge in [-0.1, -0.05) is 6.07 Å². The number of methoxy groups -OCH3 is 1. The number of ketones is 2. The molecule has 0 aromatic heterocycles. The van der Waals surface area contributed by atoms with Gasteiger partial charge in [0.25, 0.3) is 0 Å². The molecule has 2 aromatic carbocycles. The highest BCUT2D eigenvalue weighted by Crippen LogP contribution is 2.36. The number of benzene rings is 2. The number of hydrogen-bond donors (Lipinski definition) is 0. The van der Waals surface area contributed by atoms with Crippen LogP contribution in [0.15, 0.2) is 36.4 Å². The Hall–Kier alpha value is -2.95. The summed E-state index contributed by atoms with van der Waals surface area (Å²) in [6, 6.07) is 6.58. The lowest BCUT2D eigenvalue weighted by atomic mass is 9.90. The lowest BCUT2D eigenvalue weighted by Gasteiger charge is -2.15. The van der Waals surface area contributed by atoms with Crippen LogP contribution in [0.4, 0.5) is 0 Å². The van der Waals surface area contributed by atoms with Crippen molar-refractivity contribution in [3.8, 4) is 11.5 Å². The molecule has 0 spiro atoms. The van der Waals surface area contributed by atoms with Gasteiger partial charge in [-0.05, 0) is 41.1 Å². The lowest BCUT2D eigenvalue weighted by Crippen LogP contribution is -2.12. The van der Waals surface area contributed by atoms with Crippen LogP contribution >= 0.6 is 0 Å². The van der Waals surface area contributed by atoms with Crippen molar-refractivity contribution in [3.63, 3.8) is 0 Å². The van der Waals surface area contributed by atoms with Gasteiger partial charge >= 0.3 is 5.97 Å². The van der Waals surface area contributed by atoms with Crippen molar-refractivity contribution in [3.05, 3.63) is 47.5 Å². The van der Waals surface area contributed by atoms with Crippen molar-refractivity contribution < 1.29 is 23.9 Å². The summed E-state index contributed by atoms with van der Waals surface area (Å²) in [4.78, 5) is 35.3. The fraction of sp³-hybridized carbons (Fsp3) is 0.118. The van der Waals surface area contributed by atoms with Gasteiger partial charge in [0.15, 0.2) is 23.1 Å². The van der Waals surface area contributed by atoms with Crippen molar-refractivity contribution in [1.82, 2.24) is 0 Å². The number of esters is 1. The first-order valence-electron chi connectivity index (χ1n) is 6.61. The highest BCUT2D eigenvalue weighted by atomic mass is 16.6. The molecule has 0 aliphatic heterocycles. The van der Waals surface area contributed by atoms with E-state index >= 15 is 0 Å². The van der Waals surface area contributed by atoms with Crippen molar-refractivity contribution >= 4 is 28.3 Å². The van der Waals surface area contributed by atoms with Crippen molar-refractivity contribution in [1.29, 1.82) is 0 Å². The van der Waals surface area contributed by atoms with Crippen LogP contribution < -0.4 is 9.47 Å². The van der Waals surface area contributed by atoms with Crippen molar-refractivity contribution in [2.24, 2.45) is 0 Å². The van der Waals surface area contributed by atoms with E-state index in [1.54, 1.807) is 24.3 Å². The van der Waals surface area contributed by atoms with E-state index in [4.69, 9.17) is 9.47 Å². The molecule has 0 radical (unpaired) electrons. The van der Waals surface area contributed by atoms with Crippen LogP contribution in [0.2, 0.25) is 0 Å². The van der Waals surface area contributed by atoms with Gasteiger partial charge in [0, 0.05) is 18.1 Å². The van der Waals surface area contributed by atoms with Crippen LogP contribution in [-0.4, -0.2) is 24.6 Å². The third-order valence-corrected chi connectivity index (χ3v) is 3.46. The normalized spacial score (nSPS) is 13.2. The minimum Gasteiger partial charge on any atom is -0.493 e. The van der Waals surface area contributed by atoms with E-state index in [9.17, 15) is 14.4 Å². The molecule has 5 heteroatoms. The first-order valence-corrected chi connectivity index (χ1v) is 6.61. The summed E-state index contributed by atoms with van der Waals surface area (Å²) in [6.07, 6.45) is 2.51. The molecule has 0 atom stereocenters. The molecule has 22 heavy (non-hydrogen) atoms. The summed E-state index contributed by atoms with van der Waals surface area (Å²) in [5.74, 6) is -0.372. The molecule has 0 amide bonds. The molecule has 0 saturated heterocycles. The summed E-state index contributed by atoms with van der Waals surface area (Å²) in [7, 11) is 1.46. The minimum absolute atomic E-state index is 0.214. The van der Waals surface area contributed by atoms with E-state index in [1.165, 1.54) is 26.2 Å². The van der Waals surface area contributed by atoms with Crippen LogP contribution in [0.1, 0.15) is 27.6 Å². The van der Waals surface area contributed by atoms with Crippen LogP contribution in [0.5, 0.6) is 11.5 Å². The summed E-state index contributed by atoms with van der Waals surface area (Å²) in [6.45, 7) is 1.28. The molecule has 110 valence electrons. The summed E-state index contributed by atoms with van der Waals surface area (Å²) in [5, 5.41) is 1.28. The molecule has 0 bridgehead atoms. The van der Waals surface area contributed by atoms with Gasteiger partial charge in [-0.2, -0.15) is 0 Å². The van der Waals surface area contributed by atoms with Crippen molar-refractivity contribution in [2.75, 3.05) is 7.11 Å². The first-order chi connectivity index (χ1) is 10.5. The van der Waals surface area contributed by atoms with E-state index in [-0.39, 0.29) is 17.3 Å². The Bertz CT molecular complexity index is 861. The first kappa shape index (κ1) is 14.0. The van der Waals surface area contributed by atoms with Crippen LogP contribution in [0.25, 0.3) is 10.8 Å². The molecule has 0 saturated carbocycles. The second-order valence-electron chi connectivity index (χ2n) is 4.87. The fourth-order valence-electron chi connectivity index (χ4n) is 2.52. The van der Waals surface area contributed by atoms with Crippen LogP contribution in [0, 0.1) is 0 Å². The van der Waals surface area contributed by atoms with Gasteiger partial charge in [0.1, 0.15) is 0 Å². The molecular weight excluding hydrogens is 284 g/mol. The predicted molar refractivity (Wildman–Crippen MR) is 79.6 cm³/mol. The average molecular weight is 296 g/mol. The topological polar surface area (TPSA) is 69.7 Å². The maximum atomic E-state index is 12.2. The van der Waals surface area contributed by atoms with E-state index < -0.39 is 5.97 Å². The van der Waals surface area contributed by atoms with Gasteiger partial charge in [-0.25, -0.2) is 0 Å². The molecule has 5 nitrogen and oxygen atoms in total. The summed E-state index contributed by atoms with van der Waals surface area (Å²) in [5.41, 5.74) is 0.667. The Morgan fingerprint density at radius 2 is 1.73 bits per heavy atom. The SMILES string of the molecule is COc1cc2ccc3c(c2cc1OC(C)=O)C(=O)C=CC3=O. The molecule has 1 aliphatic carbocycles. The van der Waals surface area contributed by atoms with Gasteiger partial charge < -0.3 is 9.47 Å². The third-order valence-electron chi connectivity index (χ3n) is 3.46. The summed E-state index contributed by atoms with van der Waals surface area (Å²) >= 11 is 0. The Kier molecular flexibility index (Phi) is 3.25. The Morgan fingerprint density at radius 3 is 2.41 bits per heavy atom. The standard InChI is InChI=1S/C17H12O5/c1-9(18)22-16-8-12-10(7-15(16)21-2)3-4-11-13(19)5-6-14(20)17(11)12/h3-8H,1-2H3. The zero-order valence-electron chi connectivity index (χ0n) is 12.0. The Morgan fingerprint density at radius 1 is 1.00 bits per heavy atom. The number of rotatable bonds is 2. The van der Waals surface area contributed by atoms with Crippen LogP contribution in [-0.2, 0) is 4.79 Å². The molecule has 0 heterocycles. The van der Waals surface area contributed by atoms with Gasteiger partial charge in [0.2, 0.25) is 0 Å². The van der Waals surface area contributed by atoms with E-state index in [0.29, 0.717) is 22.3 Å². The average Bonchev–Trinajstić information content (AvgIpc) is 2.49. The molecule has 0 fully saturated rings. The predicted octanol–water partition coefficient (Wildman–Crippen LogP) is 2.71. The number of carbonyl (C=O) groups excluding carboxylic acids is 3. The molecule has 1 aliphatic rings. The molecule has 3 rings (SSSR count). The van der Waals surface area contributed by atoms with E-state index in [2.05, 4.69) is 0 Å². The number of hydrogen-bond acceptors (Lipinski definition) is 5. The number of carbonyl (C=O) groups is 3. The van der Waals surface area contributed by atoms with Gasteiger partial charge in [0.05, 0.1) is 7.11 Å². The summed E-state index contributed by atoms with van der Waals surface area (Å²) < 4.78 is 10.3. The zero-order chi connectivity index (χ0) is 15.9. The smallest absolute Gasteiger partial charge is 0.308 e. The molecule has 2 aromatic rings. The molecular formula is C17H12O5. The highest BCUT2D eigenvalue weighted by Gasteiger charge is 2.23. The highest BCUT2D eigenvalue weighted by molar-refractivity contribution is 6.27. The quantitative estimate of drug-likeness (QED) is 0.629. The van der Waals surface area contributed by atoms with Gasteiger partial charge in [-0.15, -0.1) is 0 Å². The number of fused-ring (bicyclic) bond motifs is 3. The third kappa shape index (κ3) is 2.16. The fourth-order valence-corrected chi connectivity index (χ4v) is 2.52. The molecule has 0 unspecified atom stereocenters. The maximum Gasteiger partial charge on any atom is 0.308 e. The maximum absolute atomic E-state index is 12.2. The van der Waals surface area contributed by atoms with Crippen LogP contribution in [0.3, 0.4) is 0 Å². The van der Waals surface area contributed by atoms with E-state index in [1.807, 2.05) is 0 Å².